The molecule has 1 saturated carbocycles. The number of rotatable bonds is 4. The predicted octanol–water partition coefficient (Wildman–Crippen LogP) is 2.82. The third-order valence-electron chi connectivity index (χ3n) is 4.46. The van der Waals surface area contributed by atoms with E-state index < -0.39 is 10.0 Å². The number of hydrogen-bond acceptors (Lipinski definition) is 3. The smallest absolute Gasteiger partial charge is 0.243 e. The van der Waals surface area contributed by atoms with Crippen molar-refractivity contribution in [2.75, 3.05) is 13.7 Å². The van der Waals surface area contributed by atoms with Crippen LogP contribution in [-0.4, -0.2) is 37.5 Å². The summed E-state index contributed by atoms with van der Waals surface area (Å²) in [6.45, 7) is 1.92. The molecule has 0 saturated heterocycles. The summed E-state index contributed by atoms with van der Waals surface area (Å²) in [5, 5.41) is 9.64. The summed E-state index contributed by atoms with van der Waals surface area (Å²) in [6, 6.07) is 4.96. The van der Waals surface area contributed by atoms with E-state index in [9.17, 15) is 13.5 Å². The Kier molecular flexibility index (Phi) is 5.30. The first-order valence-corrected chi connectivity index (χ1v) is 9.03. The molecule has 4 nitrogen and oxygen atoms in total. The number of nitrogens with zero attached hydrogens (tertiary/aromatic N) is 1. The molecular weight excluding hydrogens is 310 g/mol. The normalized spacial score (nSPS) is 23.5. The van der Waals surface area contributed by atoms with E-state index in [2.05, 4.69) is 0 Å². The molecule has 0 unspecified atom stereocenters. The van der Waals surface area contributed by atoms with Gasteiger partial charge < -0.3 is 5.11 Å². The fraction of sp³-hybridized carbons (Fsp3) is 0.600. The summed E-state index contributed by atoms with van der Waals surface area (Å²) in [6.07, 6.45) is 3.33. The van der Waals surface area contributed by atoms with Crippen LogP contribution in [0.2, 0.25) is 5.02 Å². The van der Waals surface area contributed by atoms with E-state index in [1.165, 1.54) is 4.31 Å². The lowest BCUT2D eigenvalue weighted by Crippen LogP contribution is -2.40. The molecule has 1 aromatic carbocycles. The van der Waals surface area contributed by atoms with Gasteiger partial charge in [-0.2, -0.15) is 4.31 Å². The van der Waals surface area contributed by atoms with Crippen LogP contribution in [0.25, 0.3) is 0 Å². The zero-order valence-electron chi connectivity index (χ0n) is 12.4. The maximum Gasteiger partial charge on any atom is 0.243 e. The van der Waals surface area contributed by atoms with Gasteiger partial charge in [-0.25, -0.2) is 8.42 Å². The molecule has 0 spiro atoms. The zero-order valence-corrected chi connectivity index (χ0v) is 14.0. The highest BCUT2D eigenvalue weighted by Gasteiger charge is 2.32. The Bertz CT molecular complexity index is 595. The SMILES string of the molecule is Cc1c(Cl)cccc1S(=O)(=O)N(C)C1CCC(CO)CC1. The molecule has 0 amide bonds. The minimum Gasteiger partial charge on any atom is -0.396 e. The van der Waals surface area contributed by atoms with Crippen molar-refractivity contribution >= 4 is 21.6 Å². The van der Waals surface area contributed by atoms with E-state index in [1.807, 2.05) is 0 Å². The standard InChI is InChI=1S/C15H22ClNO3S/c1-11-14(16)4-3-5-15(11)21(19,20)17(2)13-8-6-12(10-18)7-9-13/h3-5,12-13,18H,6-10H2,1-2H3. The maximum atomic E-state index is 12.8. The van der Waals surface area contributed by atoms with Crippen LogP contribution in [0, 0.1) is 12.8 Å². The number of hydrogen-bond donors (Lipinski definition) is 1. The van der Waals surface area contributed by atoms with Crippen LogP contribution in [0.4, 0.5) is 0 Å². The van der Waals surface area contributed by atoms with Crippen molar-refractivity contribution in [1.82, 2.24) is 4.31 Å². The molecule has 0 atom stereocenters. The Balaban J connectivity index is 2.21. The maximum absolute atomic E-state index is 12.8. The number of benzene rings is 1. The number of aliphatic hydroxyl groups excluding tert-OH is 1. The summed E-state index contributed by atoms with van der Waals surface area (Å²) in [7, 11) is -1.89. The second-order valence-electron chi connectivity index (χ2n) is 5.74. The van der Waals surface area contributed by atoms with Crippen LogP contribution in [0.5, 0.6) is 0 Å². The van der Waals surface area contributed by atoms with Gasteiger partial charge in [0.2, 0.25) is 10.0 Å². The molecule has 0 bridgehead atoms. The van der Waals surface area contributed by atoms with Gasteiger partial charge in [-0.05, 0) is 56.2 Å². The van der Waals surface area contributed by atoms with Crippen LogP contribution in [-0.2, 0) is 10.0 Å². The fourth-order valence-electron chi connectivity index (χ4n) is 2.91. The topological polar surface area (TPSA) is 57.6 Å². The Morgan fingerprint density at radius 3 is 2.48 bits per heavy atom. The molecule has 1 fully saturated rings. The lowest BCUT2D eigenvalue weighted by atomic mass is 9.87. The molecule has 0 heterocycles. The van der Waals surface area contributed by atoms with Crippen molar-refractivity contribution < 1.29 is 13.5 Å². The molecular formula is C15H22ClNO3S. The first-order valence-electron chi connectivity index (χ1n) is 7.22. The van der Waals surface area contributed by atoms with Gasteiger partial charge in [-0.1, -0.05) is 17.7 Å². The lowest BCUT2D eigenvalue weighted by Gasteiger charge is -2.33. The molecule has 1 aliphatic rings. The molecule has 6 heteroatoms. The first kappa shape index (κ1) is 16.7. The van der Waals surface area contributed by atoms with E-state index in [-0.39, 0.29) is 17.5 Å². The van der Waals surface area contributed by atoms with Gasteiger partial charge in [0.15, 0.2) is 0 Å². The summed E-state index contributed by atoms with van der Waals surface area (Å²) < 4.78 is 27.0. The van der Waals surface area contributed by atoms with Crippen molar-refractivity contribution in [3.63, 3.8) is 0 Å². The molecule has 21 heavy (non-hydrogen) atoms. The van der Waals surface area contributed by atoms with Crippen molar-refractivity contribution in [1.29, 1.82) is 0 Å². The van der Waals surface area contributed by atoms with E-state index >= 15 is 0 Å². The molecule has 1 N–H and O–H groups in total. The highest BCUT2D eigenvalue weighted by Crippen LogP contribution is 2.31. The minimum atomic E-state index is -3.53. The molecule has 0 aliphatic heterocycles. The summed E-state index contributed by atoms with van der Waals surface area (Å²) in [4.78, 5) is 0.279. The first-order chi connectivity index (χ1) is 9.87. The number of sulfonamides is 1. The summed E-state index contributed by atoms with van der Waals surface area (Å²) in [5.41, 5.74) is 0.593. The number of halogens is 1. The van der Waals surface area contributed by atoms with Crippen molar-refractivity contribution in [2.45, 2.75) is 43.5 Å². The quantitative estimate of drug-likeness (QED) is 0.923. The largest absolute Gasteiger partial charge is 0.396 e. The van der Waals surface area contributed by atoms with Crippen LogP contribution in [0.1, 0.15) is 31.2 Å². The molecule has 0 aromatic heterocycles. The average molecular weight is 332 g/mol. The van der Waals surface area contributed by atoms with Crippen molar-refractivity contribution in [3.05, 3.63) is 28.8 Å². The molecule has 118 valence electrons. The minimum absolute atomic E-state index is 0.00354. The van der Waals surface area contributed by atoms with Crippen molar-refractivity contribution in [3.8, 4) is 0 Å². The lowest BCUT2D eigenvalue weighted by molar-refractivity contribution is 0.159. The van der Waals surface area contributed by atoms with Gasteiger partial charge in [0.25, 0.3) is 0 Å². The van der Waals surface area contributed by atoms with Crippen LogP contribution in [0.3, 0.4) is 0 Å². The monoisotopic (exact) mass is 331 g/mol. The third kappa shape index (κ3) is 3.42. The van der Waals surface area contributed by atoms with Gasteiger partial charge >= 0.3 is 0 Å². The highest BCUT2D eigenvalue weighted by atomic mass is 35.5. The van der Waals surface area contributed by atoms with Crippen LogP contribution < -0.4 is 0 Å². The molecule has 2 rings (SSSR count). The molecule has 1 aliphatic carbocycles. The van der Waals surface area contributed by atoms with Crippen molar-refractivity contribution in [2.24, 2.45) is 5.92 Å². The van der Waals surface area contributed by atoms with E-state index in [0.717, 1.165) is 25.7 Å². The van der Waals surface area contributed by atoms with Crippen LogP contribution >= 0.6 is 11.6 Å². The van der Waals surface area contributed by atoms with E-state index in [4.69, 9.17) is 11.6 Å². The second-order valence-corrected chi connectivity index (χ2v) is 8.11. The second kappa shape index (κ2) is 6.65. The van der Waals surface area contributed by atoms with Gasteiger partial charge in [0.1, 0.15) is 0 Å². The highest BCUT2D eigenvalue weighted by molar-refractivity contribution is 7.89. The Morgan fingerprint density at radius 2 is 1.90 bits per heavy atom. The van der Waals surface area contributed by atoms with E-state index in [0.29, 0.717) is 16.5 Å². The Morgan fingerprint density at radius 1 is 1.29 bits per heavy atom. The predicted molar refractivity (Wildman–Crippen MR) is 84.0 cm³/mol. The molecule has 1 aromatic rings. The van der Waals surface area contributed by atoms with Gasteiger partial charge in [0, 0.05) is 24.7 Å². The van der Waals surface area contributed by atoms with E-state index in [1.54, 1.807) is 32.2 Å². The average Bonchev–Trinajstić information content (AvgIpc) is 2.49. The van der Waals surface area contributed by atoms with Gasteiger partial charge in [-0.3, -0.25) is 0 Å². The Hall–Kier alpha value is -0.620. The summed E-state index contributed by atoms with van der Waals surface area (Å²) in [5.74, 6) is 0.310. The zero-order chi connectivity index (χ0) is 15.6. The van der Waals surface area contributed by atoms with Crippen LogP contribution in [0.15, 0.2) is 23.1 Å². The molecule has 0 radical (unpaired) electrons. The fourth-order valence-corrected chi connectivity index (χ4v) is 4.80. The van der Waals surface area contributed by atoms with Gasteiger partial charge in [-0.15, -0.1) is 0 Å². The number of aliphatic hydroxyl groups is 1. The van der Waals surface area contributed by atoms with Gasteiger partial charge in [0.05, 0.1) is 4.90 Å². The Labute approximate surface area is 131 Å². The third-order valence-corrected chi connectivity index (χ3v) is 6.93. The summed E-state index contributed by atoms with van der Waals surface area (Å²) >= 11 is 6.04.